The third kappa shape index (κ3) is 2.10. The lowest BCUT2D eigenvalue weighted by Gasteiger charge is -1.91. The van der Waals surface area contributed by atoms with Crippen molar-refractivity contribution in [1.29, 1.82) is 5.41 Å². The zero-order valence-corrected chi connectivity index (χ0v) is 6.02. The van der Waals surface area contributed by atoms with Crippen LogP contribution in [0.5, 0.6) is 0 Å². The van der Waals surface area contributed by atoms with Crippen molar-refractivity contribution in [1.82, 2.24) is 4.98 Å². The highest BCUT2D eigenvalue weighted by atomic mass is 32.2. The lowest BCUT2D eigenvalue weighted by Crippen LogP contribution is -2.11. The normalized spacial score (nSPS) is 9.60. The van der Waals surface area contributed by atoms with Crippen LogP contribution in [0.15, 0.2) is 22.1 Å². The van der Waals surface area contributed by atoms with Crippen LogP contribution in [0.4, 0.5) is 0 Å². The minimum Gasteiger partial charge on any atom is -0.440 e. The van der Waals surface area contributed by atoms with Gasteiger partial charge >= 0.3 is 0 Å². The van der Waals surface area contributed by atoms with Gasteiger partial charge in [-0.25, -0.2) is 4.98 Å². The van der Waals surface area contributed by atoms with E-state index >= 15 is 0 Å². The van der Waals surface area contributed by atoms with Crippen LogP contribution in [0.1, 0.15) is 0 Å². The Kier molecular flexibility index (Phi) is 2.33. The summed E-state index contributed by atoms with van der Waals surface area (Å²) in [4.78, 5) is 3.83. The van der Waals surface area contributed by atoms with Crippen LogP contribution >= 0.6 is 11.8 Å². The van der Waals surface area contributed by atoms with E-state index in [1.807, 2.05) is 0 Å². The van der Waals surface area contributed by atoms with Gasteiger partial charge in [0.1, 0.15) is 12.1 Å². The molecule has 0 aliphatic carbocycles. The van der Waals surface area contributed by atoms with Crippen molar-refractivity contribution in [2.75, 3.05) is 5.75 Å². The molecule has 0 bridgehead atoms. The number of rotatable bonds is 3. The molecule has 0 fully saturated rings. The van der Waals surface area contributed by atoms with Gasteiger partial charge in [-0.05, 0) is 0 Å². The first-order valence-electron chi connectivity index (χ1n) is 2.64. The summed E-state index contributed by atoms with van der Waals surface area (Å²) < 4.78 is 4.88. The van der Waals surface area contributed by atoms with Crippen molar-refractivity contribution >= 4 is 17.6 Å². The zero-order valence-electron chi connectivity index (χ0n) is 5.20. The monoisotopic (exact) mass is 157 g/mol. The van der Waals surface area contributed by atoms with Gasteiger partial charge in [0.25, 0.3) is 5.22 Å². The standard InChI is InChI=1S/C5H7N3OS/c6-4(7)3-10-5-8-1-2-9-5/h1-2H,3H2,(H3,6,7). The van der Waals surface area contributed by atoms with E-state index in [0.29, 0.717) is 11.0 Å². The predicted molar refractivity (Wildman–Crippen MR) is 39.1 cm³/mol. The maximum Gasteiger partial charge on any atom is 0.255 e. The van der Waals surface area contributed by atoms with E-state index in [1.54, 1.807) is 6.20 Å². The molecule has 0 atom stereocenters. The molecule has 0 unspecified atom stereocenters. The number of hydrogen-bond acceptors (Lipinski definition) is 4. The number of nitrogens with one attached hydrogen (secondary N) is 1. The zero-order chi connectivity index (χ0) is 7.40. The number of nitrogens with zero attached hydrogens (tertiary/aromatic N) is 1. The fourth-order valence-electron chi connectivity index (χ4n) is 0.421. The van der Waals surface area contributed by atoms with Crippen molar-refractivity contribution in [2.24, 2.45) is 5.73 Å². The molecule has 5 heteroatoms. The van der Waals surface area contributed by atoms with Gasteiger partial charge < -0.3 is 10.2 Å². The van der Waals surface area contributed by atoms with Crippen LogP contribution in [0, 0.1) is 5.41 Å². The van der Waals surface area contributed by atoms with Crippen molar-refractivity contribution < 1.29 is 4.42 Å². The van der Waals surface area contributed by atoms with Crippen LogP contribution in [0.3, 0.4) is 0 Å². The first-order valence-corrected chi connectivity index (χ1v) is 3.63. The molecule has 1 aromatic heterocycles. The van der Waals surface area contributed by atoms with Gasteiger partial charge in [-0.2, -0.15) is 0 Å². The molecule has 0 saturated heterocycles. The Morgan fingerprint density at radius 3 is 3.20 bits per heavy atom. The van der Waals surface area contributed by atoms with E-state index in [4.69, 9.17) is 15.6 Å². The van der Waals surface area contributed by atoms with E-state index in [0.717, 1.165) is 0 Å². The Morgan fingerprint density at radius 2 is 2.70 bits per heavy atom. The summed E-state index contributed by atoms with van der Waals surface area (Å²) in [7, 11) is 0. The summed E-state index contributed by atoms with van der Waals surface area (Å²) in [6.07, 6.45) is 3.05. The van der Waals surface area contributed by atoms with E-state index in [-0.39, 0.29) is 5.84 Å². The van der Waals surface area contributed by atoms with Crippen molar-refractivity contribution in [3.8, 4) is 0 Å². The Balaban J connectivity index is 2.35. The number of thioether (sulfide) groups is 1. The second-order valence-corrected chi connectivity index (χ2v) is 2.54. The molecule has 54 valence electrons. The molecule has 4 nitrogen and oxygen atoms in total. The third-order valence-corrected chi connectivity index (χ3v) is 1.66. The maximum atomic E-state index is 6.88. The lowest BCUT2D eigenvalue weighted by atomic mass is 10.7. The van der Waals surface area contributed by atoms with Gasteiger partial charge in [-0.1, -0.05) is 11.8 Å². The molecule has 0 spiro atoms. The van der Waals surface area contributed by atoms with Crippen molar-refractivity contribution in [3.63, 3.8) is 0 Å². The third-order valence-electron chi connectivity index (χ3n) is 0.761. The Hall–Kier alpha value is -0.970. The summed E-state index contributed by atoms with van der Waals surface area (Å²) >= 11 is 1.31. The van der Waals surface area contributed by atoms with Gasteiger partial charge in [-0.3, -0.25) is 5.41 Å². The predicted octanol–water partition coefficient (Wildman–Crippen LogP) is 0.703. The topological polar surface area (TPSA) is 75.9 Å². The summed E-state index contributed by atoms with van der Waals surface area (Å²) in [6.45, 7) is 0. The average Bonchev–Trinajstić information content (AvgIpc) is 2.34. The molecule has 0 saturated carbocycles. The van der Waals surface area contributed by atoms with E-state index in [9.17, 15) is 0 Å². The van der Waals surface area contributed by atoms with Gasteiger partial charge in [0.05, 0.1) is 11.9 Å². The van der Waals surface area contributed by atoms with Crippen LogP contribution in [-0.4, -0.2) is 16.6 Å². The average molecular weight is 157 g/mol. The minimum absolute atomic E-state index is 0.128. The molecule has 0 aromatic carbocycles. The van der Waals surface area contributed by atoms with Crippen molar-refractivity contribution in [3.05, 3.63) is 12.5 Å². The molecule has 0 radical (unpaired) electrons. The fourth-order valence-corrected chi connectivity index (χ4v) is 0.959. The van der Waals surface area contributed by atoms with Crippen LogP contribution in [0.2, 0.25) is 0 Å². The molecule has 1 rings (SSSR count). The number of oxazole rings is 1. The Morgan fingerprint density at radius 1 is 1.90 bits per heavy atom. The minimum atomic E-state index is 0.128. The molecule has 0 aliphatic heterocycles. The smallest absolute Gasteiger partial charge is 0.255 e. The summed E-state index contributed by atoms with van der Waals surface area (Å²) in [5, 5.41) is 7.44. The molecular formula is C5H7N3OS. The SMILES string of the molecule is N=C(N)CSc1ncco1. The first kappa shape index (κ1) is 7.14. The molecule has 1 aromatic rings. The maximum absolute atomic E-state index is 6.88. The quantitative estimate of drug-likeness (QED) is 0.385. The van der Waals surface area contributed by atoms with Gasteiger partial charge in [0.2, 0.25) is 0 Å². The molecule has 0 aliphatic rings. The number of nitrogens with two attached hydrogens (primary N) is 1. The Labute approximate surface area is 62.3 Å². The van der Waals surface area contributed by atoms with E-state index < -0.39 is 0 Å². The molecule has 10 heavy (non-hydrogen) atoms. The summed E-state index contributed by atoms with van der Waals surface area (Å²) in [5.41, 5.74) is 5.10. The van der Waals surface area contributed by atoms with Gasteiger partial charge in [0, 0.05) is 0 Å². The highest BCUT2D eigenvalue weighted by Gasteiger charge is 1.97. The number of hydrogen-bond donors (Lipinski definition) is 2. The molecular weight excluding hydrogens is 150 g/mol. The number of aromatic nitrogens is 1. The van der Waals surface area contributed by atoms with Crippen LogP contribution in [-0.2, 0) is 0 Å². The van der Waals surface area contributed by atoms with Gasteiger partial charge in [-0.15, -0.1) is 0 Å². The van der Waals surface area contributed by atoms with Crippen LogP contribution in [0.25, 0.3) is 0 Å². The number of amidine groups is 1. The first-order chi connectivity index (χ1) is 4.79. The van der Waals surface area contributed by atoms with Crippen molar-refractivity contribution in [2.45, 2.75) is 5.22 Å². The fraction of sp³-hybridized carbons (Fsp3) is 0.200. The lowest BCUT2D eigenvalue weighted by molar-refractivity contribution is 0.454. The van der Waals surface area contributed by atoms with Gasteiger partial charge in [0.15, 0.2) is 0 Å². The largest absolute Gasteiger partial charge is 0.440 e. The second-order valence-electron chi connectivity index (χ2n) is 1.61. The van der Waals surface area contributed by atoms with E-state index in [2.05, 4.69) is 4.98 Å². The molecule has 0 amide bonds. The Bertz CT molecular complexity index is 209. The highest BCUT2D eigenvalue weighted by molar-refractivity contribution is 7.99. The second kappa shape index (κ2) is 3.26. The molecule has 3 N–H and O–H groups in total. The molecule has 1 heterocycles. The van der Waals surface area contributed by atoms with Crippen LogP contribution < -0.4 is 5.73 Å². The summed E-state index contributed by atoms with van der Waals surface area (Å²) in [5.74, 6) is 0.559. The summed E-state index contributed by atoms with van der Waals surface area (Å²) in [6, 6.07) is 0. The highest BCUT2D eigenvalue weighted by Crippen LogP contribution is 2.13. The van der Waals surface area contributed by atoms with E-state index in [1.165, 1.54) is 18.0 Å².